The number of carbonyl (C=O) groups is 1. The lowest BCUT2D eigenvalue weighted by Crippen LogP contribution is -2.16. The molecule has 0 bridgehead atoms. The summed E-state index contributed by atoms with van der Waals surface area (Å²) < 4.78 is 0.820. The summed E-state index contributed by atoms with van der Waals surface area (Å²) in [4.78, 5) is 13.5. The van der Waals surface area contributed by atoms with Crippen molar-refractivity contribution in [3.05, 3.63) is 63.1 Å². The van der Waals surface area contributed by atoms with Crippen LogP contribution in [0.4, 0.5) is 5.69 Å². The van der Waals surface area contributed by atoms with Crippen molar-refractivity contribution in [2.75, 3.05) is 11.9 Å². The van der Waals surface area contributed by atoms with Crippen LogP contribution in [0.25, 0.3) is 0 Å². The van der Waals surface area contributed by atoms with E-state index < -0.39 is 0 Å². The average molecular weight is 353 g/mol. The molecule has 0 aromatic heterocycles. The molecule has 0 saturated carbocycles. The molecule has 2 aromatic carbocycles. The van der Waals surface area contributed by atoms with Crippen molar-refractivity contribution >= 4 is 39.0 Å². The van der Waals surface area contributed by atoms with Crippen LogP contribution in [0.3, 0.4) is 0 Å². The van der Waals surface area contributed by atoms with Gasteiger partial charge in [-0.15, -0.1) is 0 Å². The Labute approximate surface area is 132 Å². The number of carbonyl (C=O) groups excluding carboxylic acids is 1. The van der Waals surface area contributed by atoms with Gasteiger partial charge in [0, 0.05) is 34.3 Å². The maximum atomic E-state index is 11.4. The second kappa shape index (κ2) is 6.42. The maximum Gasteiger partial charge on any atom is 0.160 e. The van der Waals surface area contributed by atoms with Crippen LogP contribution < -0.4 is 4.90 Å². The molecule has 0 amide bonds. The Kier molecular flexibility index (Phi) is 4.84. The van der Waals surface area contributed by atoms with Gasteiger partial charge in [-0.1, -0.05) is 23.7 Å². The van der Waals surface area contributed by atoms with E-state index in [-0.39, 0.29) is 5.78 Å². The third-order valence-electron chi connectivity index (χ3n) is 3.08. The van der Waals surface area contributed by atoms with Gasteiger partial charge in [-0.2, -0.15) is 0 Å². The molecule has 0 spiro atoms. The molecule has 0 aliphatic rings. The van der Waals surface area contributed by atoms with Gasteiger partial charge in [0.15, 0.2) is 5.78 Å². The van der Waals surface area contributed by atoms with Gasteiger partial charge in [0.2, 0.25) is 0 Å². The van der Waals surface area contributed by atoms with Crippen molar-refractivity contribution in [2.24, 2.45) is 0 Å². The minimum absolute atomic E-state index is 0.0564. The molecule has 0 heterocycles. The predicted molar refractivity (Wildman–Crippen MR) is 87.7 cm³/mol. The number of ketones is 1. The fraction of sp³-hybridized carbons (Fsp3) is 0.188. The number of anilines is 1. The minimum Gasteiger partial charge on any atom is -0.370 e. The summed E-state index contributed by atoms with van der Waals surface area (Å²) in [6.45, 7) is 2.32. The van der Waals surface area contributed by atoms with Crippen LogP contribution in [0.1, 0.15) is 22.8 Å². The molecule has 2 rings (SSSR count). The Morgan fingerprint density at radius 3 is 2.60 bits per heavy atom. The summed E-state index contributed by atoms with van der Waals surface area (Å²) in [6, 6.07) is 13.6. The molecule has 4 heteroatoms. The largest absolute Gasteiger partial charge is 0.370 e. The first-order valence-corrected chi connectivity index (χ1v) is 7.40. The summed E-state index contributed by atoms with van der Waals surface area (Å²) in [5.41, 5.74) is 2.89. The Morgan fingerprint density at radius 1 is 1.25 bits per heavy atom. The van der Waals surface area contributed by atoms with Crippen LogP contribution in [0.2, 0.25) is 5.02 Å². The van der Waals surface area contributed by atoms with E-state index in [0.29, 0.717) is 5.56 Å². The molecule has 104 valence electrons. The number of Topliss-reactive ketones (excluding diaryl/α,β-unsaturated/α-hetero) is 1. The molecular weight excluding hydrogens is 338 g/mol. The lowest BCUT2D eigenvalue weighted by Gasteiger charge is -2.20. The van der Waals surface area contributed by atoms with E-state index in [1.807, 2.05) is 49.5 Å². The lowest BCUT2D eigenvalue weighted by molar-refractivity contribution is 0.101. The molecule has 0 saturated heterocycles. The zero-order valence-electron chi connectivity index (χ0n) is 11.4. The highest BCUT2D eigenvalue weighted by atomic mass is 79.9. The van der Waals surface area contributed by atoms with E-state index in [1.54, 1.807) is 6.92 Å². The number of hydrogen-bond acceptors (Lipinski definition) is 2. The minimum atomic E-state index is 0.0564. The van der Waals surface area contributed by atoms with E-state index in [9.17, 15) is 4.79 Å². The summed E-state index contributed by atoms with van der Waals surface area (Å²) in [5, 5.41) is 0.740. The number of rotatable bonds is 4. The smallest absolute Gasteiger partial charge is 0.160 e. The zero-order valence-corrected chi connectivity index (χ0v) is 13.7. The second-order valence-corrected chi connectivity index (χ2v) is 6.00. The number of benzene rings is 2. The quantitative estimate of drug-likeness (QED) is 0.726. The molecule has 0 aliphatic carbocycles. The van der Waals surface area contributed by atoms with Gasteiger partial charge in [-0.25, -0.2) is 0 Å². The maximum absolute atomic E-state index is 11.4. The molecule has 0 aliphatic heterocycles. The molecule has 0 unspecified atom stereocenters. The average Bonchev–Trinajstić information content (AvgIpc) is 2.38. The fourth-order valence-electron chi connectivity index (χ4n) is 2.03. The van der Waals surface area contributed by atoms with Gasteiger partial charge in [0.25, 0.3) is 0 Å². The monoisotopic (exact) mass is 351 g/mol. The van der Waals surface area contributed by atoms with E-state index >= 15 is 0 Å². The lowest BCUT2D eigenvalue weighted by atomic mass is 10.1. The standard InChI is InChI=1S/C16H15BrClNO/c1-11(20)15-7-6-14(9-16(15)17)19(2)10-12-4-3-5-13(18)8-12/h3-9H,10H2,1-2H3. The van der Waals surface area contributed by atoms with Crippen molar-refractivity contribution in [3.63, 3.8) is 0 Å². The normalized spacial score (nSPS) is 10.4. The Morgan fingerprint density at radius 2 is 2.00 bits per heavy atom. The zero-order chi connectivity index (χ0) is 14.7. The molecule has 0 radical (unpaired) electrons. The third kappa shape index (κ3) is 3.62. The van der Waals surface area contributed by atoms with E-state index in [4.69, 9.17) is 11.6 Å². The van der Waals surface area contributed by atoms with Gasteiger partial charge < -0.3 is 4.90 Å². The van der Waals surface area contributed by atoms with Crippen LogP contribution in [0.5, 0.6) is 0 Å². The van der Waals surface area contributed by atoms with Crippen LogP contribution in [0.15, 0.2) is 46.9 Å². The van der Waals surface area contributed by atoms with Crippen molar-refractivity contribution in [1.29, 1.82) is 0 Å². The Hall–Kier alpha value is -1.32. The molecule has 20 heavy (non-hydrogen) atoms. The first-order valence-electron chi connectivity index (χ1n) is 6.23. The molecular formula is C16H15BrClNO. The van der Waals surface area contributed by atoms with Crippen LogP contribution >= 0.6 is 27.5 Å². The van der Waals surface area contributed by atoms with Crippen molar-refractivity contribution in [2.45, 2.75) is 13.5 Å². The highest BCUT2D eigenvalue weighted by Gasteiger charge is 2.08. The van der Waals surface area contributed by atoms with Crippen molar-refractivity contribution in [3.8, 4) is 0 Å². The van der Waals surface area contributed by atoms with E-state index in [1.165, 1.54) is 0 Å². The Bertz CT molecular complexity index is 642. The van der Waals surface area contributed by atoms with E-state index in [0.717, 1.165) is 27.3 Å². The molecule has 0 atom stereocenters. The summed E-state index contributed by atoms with van der Waals surface area (Å²) in [5.74, 6) is 0.0564. The predicted octanol–water partition coefficient (Wildman–Crippen LogP) is 4.94. The van der Waals surface area contributed by atoms with Crippen LogP contribution in [-0.4, -0.2) is 12.8 Å². The Balaban J connectivity index is 2.19. The van der Waals surface area contributed by atoms with Crippen LogP contribution in [-0.2, 0) is 6.54 Å². The van der Waals surface area contributed by atoms with Gasteiger partial charge in [0.1, 0.15) is 0 Å². The van der Waals surface area contributed by atoms with Gasteiger partial charge >= 0.3 is 0 Å². The third-order valence-corrected chi connectivity index (χ3v) is 3.97. The molecule has 2 nitrogen and oxygen atoms in total. The first-order chi connectivity index (χ1) is 9.47. The summed E-state index contributed by atoms with van der Waals surface area (Å²) in [7, 11) is 2.01. The van der Waals surface area contributed by atoms with Gasteiger partial charge in [-0.3, -0.25) is 4.79 Å². The van der Waals surface area contributed by atoms with E-state index in [2.05, 4.69) is 20.8 Å². The van der Waals surface area contributed by atoms with Crippen molar-refractivity contribution in [1.82, 2.24) is 0 Å². The first kappa shape index (κ1) is 15.1. The van der Waals surface area contributed by atoms with Gasteiger partial charge in [0.05, 0.1) is 0 Å². The topological polar surface area (TPSA) is 20.3 Å². The number of halogens is 2. The second-order valence-electron chi connectivity index (χ2n) is 4.71. The highest BCUT2D eigenvalue weighted by Crippen LogP contribution is 2.25. The number of nitrogens with zero attached hydrogens (tertiary/aromatic N) is 1. The SMILES string of the molecule is CC(=O)c1ccc(N(C)Cc2cccc(Cl)c2)cc1Br. The fourth-order valence-corrected chi connectivity index (χ4v) is 2.89. The van der Waals surface area contributed by atoms with Crippen LogP contribution in [0, 0.1) is 0 Å². The summed E-state index contributed by atoms with van der Waals surface area (Å²) in [6.07, 6.45) is 0. The van der Waals surface area contributed by atoms with Crippen molar-refractivity contribution < 1.29 is 4.79 Å². The molecule has 2 aromatic rings. The molecule has 0 N–H and O–H groups in total. The summed E-state index contributed by atoms with van der Waals surface area (Å²) >= 11 is 9.44. The van der Waals surface area contributed by atoms with Gasteiger partial charge in [-0.05, 0) is 58.7 Å². The molecule has 0 fully saturated rings. The number of hydrogen-bond donors (Lipinski definition) is 0. The highest BCUT2D eigenvalue weighted by molar-refractivity contribution is 9.10.